The number of benzene rings is 1. The van der Waals surface area contributed by atoms with Gasteiger partial charge in [-0.15, -0.1) is 6.42 Å². The van der Waals surface area contributed by atoms with Crippen molar-refractivity contribution in [1.29, 1.82) is 0 Å². The molecule has 19 heavy (non-hydrogen) atoms. The molecule has 2 rings (SSSR count). The second kappa shape index (κ2) is 6.60. The van der Waals surface area contributed by atoms with Gasteiger partial charge in [0.15, 0.2) is 0 Å². The van der Waals surface area contributed by atoms with Crippen molar-refractivity contribution in [1.82, 2.24) is 10.6 Å². The Morgan fingerprint density at radius 1 is 1.58 bits per heavy atom. The lowest BCUT2D eigenvalue weighted by atomic mass is 10.1. The number of carbonyl (C=O) groups excluding carboxylic acids is 1. The van der Waals surface area contributed by atoms with Gasteiger partial charge in [-0.05, 0) is 18.2 Å². The standard InChI is InChI=1S/C14H15BrN2O2/c1-2-5-19-13-4-3-11(15)6-10(13)8-16-12-7-14(18)17-9-12/h1,3-4,6,12,16H,5,7-9H2,(H,17,18). The molecule has 1 amide bonds. The summed E-state index contributed by atoms with van der Waals surface area (Å²) >= 11 is 3.44. The average molecular weight is 323 g/mol. The summed E-state index contributed by atoms with van der Waals surface area (Å²) in [5.41, 5.74) is 1.02. The maximum absolute atomic E-state index is 11.1. The zero-order chi connectivity index (χ0) is 13.7. The van der Waals surface area contributed by atoms with E-state index in [1.165, 1.54) is 0 Å². The van der Waals surface area contributed by atoms with E-state index in [-0.39, 0.29) is 18.6 Å². The van der Waals surface area contributed by atoms with E-state index in [2.05, 4.69) is 32.5 Å². The molecule has 100 valence electrons. The van der Waals surface area contributed by atoms with Gasteiger partial charge in [-0.3, -0.25) is 4.79 Å². The van der Waals surface area contributed by atoms with E-state index < -0.39 is 0 Å². The number of hydrogen-bond donors (Lipinski definition) is 2. The van der Waals surface area contributed by atoms with Crippen molar-refractivity contribution >= 4 is 21.8 Å². The SMILES string of the molecule is C#CCOc1ccc(Br)cc1CNC1CNC(=O)C1. The van der Waals surface area contributed by atoms with Gasteiger partial charge >= 0.3 is 0 Å². The van der Waals surface area contributed by atoms with Crippen LogP contribution < -0.4 is 15.4 Å². The summed E-state index contributed by atoms with van der Waals surface area (Å²) in [6.07, 6.45) is 5.72. The molecule has 1 atom stereocenters. The Morgan fingerprint density at radius 3 is 3.11 bits per heavy atom. The second-order valence-corrected chi connectivity index (χ2v) is 5.25. The van der Waals surface area contributed by atoms with Gasteiger partial charge in [0.25, 0.3) is 0 Å². The van der Waals surface area contributed by atoms with Gasteiger partial charge in [-0.2, -0.15) is 0 Å². The Hall–Kier alpha value is -1.51. The lowest BCUT2D eigenvalue weighted by Crippen LogP contribution is -2.30. The monoisotopic (exact) mass is 322 g/mol. The number of ether oxygens (including phenoxy) is 1. The summed E-state index contributed by atoms with van der Waals surface area (Å²) in [6, 6.07) is 5.96. The smallest absolute Gasteiger partial charge is 0.221 e. The minimum Gasteiger partial charge on any atom is -0.481 e. The Balaban J connectivity index is 1.99. The van der Waals surface area contributed by atoms with E-state index in [1.807, 2.05) is 18.2 Å². The van der Waals surface area contributed by atoms with Gasteiger partial charge in [0.05, 0.1) is 0 Å². The molecule has 0 saturated carbocycles. The molecule has 1 aliphatic rings. The van der Waals surface area contributed by atoms with Gasteiger partial charge in [-0.1, -0.05) is 21.9 Å². The van der Waals surface area contributed by atoms with Crippen molar-refractivity contribution in [3.05, 3.63) is 28.2 Å². The van der Waals surface area contributed by atoms with Crippen molar-refractivity contribution < 1.29 is 9.53 Å². The molecule has 1 aliphatic heterocycles. The highest BCUT2D eigenvalue weighted by Crippen LogP contribution is 2.23. The first-order chi connectivity index (χ1) is 9.19. The molecular formula is C14H15BrN2O2. The first kappa shape index (κ1) is 13.9. The highest BCUT2D eigenvalue weighted by molar-refractivity contribution is 9.10. The van der Waals surface area contributed by atoms with Crippen LogP contribution in [0.2, 0.25) is 0 Å². The molecule has 1 fully saturated rings. The van der Waals surface area contributed by atoms with Crippen LogP contribution in [-0.4, -0.2) is 25.1 Å². The Kier molecular flexibility index (Phi) is 4.83. The molecule has 1 heterocycles. The van der Waals surface area contributed by atoms with Gasteiger partial charge in [0.2, 0.25) is 5.91 Å². The van der Waals surface area contributed by atoms with Crippen LogP contribution in [0.1, 0.15) is 12.0 Å². The van der Waals surface area contributed by atoms with Crippen molar-refractivity contribution in [2.75, 3.05) is 13.2 Å². The van der Waals surface area contributed by atoms with Crippen LogP contribution in [0.3, 0.4) is 0 Å². The van der Waals surface area contributed by atoms with Gasteiger partial charge in [0.1, 0.15) is 12.4 Å². The molecule has 1 saturated heterocycles. The van der Waals surface area contributed by atoms with Crippen LogP contribution in [0.25, 0.3) is 0 Å². The van der Waals surface area contributed by atoms with Crippen LogP contribution in [0.4, 0.5) is 0 Å². The summed E-state index contributed by atoms with van der Waals surface area (Å²) in [7, 11) is 0. The minimum atomic E-state index is 0.0931. The van der Waals surface area contributed by atoms with Crippen molar-refractivity contribution in [2.45, 2.75) is 19.0 Å². The van der Waals surface area contributed by atoms with Gasteiger partial charge in [0, 0.05) is 35.6 Å². The lowest BCUT2D eigenvalue weighted by Gasteiger charge is -2.14. The molecule has 0 radical (unpaired) electrons. The van der Waals surface area contributed by atoms with E-state index in [0.717, 1.165) is 15.8 Å². The molecule has 1 aromatic rings. The van der Waals surface area contributed by atoms with Crippen LogP contribution in [-0.2, 0) is 11.3 Å². The maximum atomic E-state index is 11.1. The highest BCUT2D eigenvalue weighted by atomic mass is 79.9. The molecule has 4 nitrogen and oxygen atoms in total. The Labute approximate surface area is 121 Å². The molecular weight excluding hydrogens is 308 g/mol. The summed E-state index contributed by atoms with van der Waals surface area (Å²) < 4.78 is 6.48. The fourth-order valence-electron chi connectivity index (χ4n) is 1.95. The lowest BCUT2D eigenvalue weighted by molar-refractivity contribution is -0.119. The van der Waals surface area contributed by atoms with E-state index in [0.29, 0.717) is 19.5 Å². The zero-order valence-electron chi connectivity index (χ0n) is 10.4. The van der Waals surface area contributed by atoms with Crippen molar-refractivity contribution in [3.63, 3.8) is 0 Å². The van der Waals surface area contributed by atoms with E-state index >= 15 is 0 Å². The molecule has 0 aromatic heterocycles. The highest BCUT2D eigenvalue weighted by Gasteiger charge is 2.20. The Morgan fingerprint density at radius 2 is 2.42 bits per heavy atom. The van der Waals surface area contributed by atoms with Crippen molar-refractivity contribution in [3.8, 4) is 18.1 Å². The van der Waals surface area contributed by atoms with E-state index in [4.69, 9.17) is 11.2 Å². The third-order valence-electron chi connectivity index (χ3n) is 2.89. The molecule has 1 aromatic carbocycles. The van der Waals surface area contributed by atoms with Gasteiger partial charge in [-0.25, -0.2) is 0 Å². The van der Waals surface area contributed by atoms with Crippen LogP contribution in [0.5, 0.6) is 5.75 Å². The van der Waals surface area contributed by atoms with Crippen LogP contribution in [0.15, 0.2) is 22.7 Å². The number of amides is 1. The predicted octanol–water partition coefficient (Wildman–Crippen LogP) is 1.44. The number of terminal acetylenes is 1. The third-order valence-corrected chi connectivity index (χ3v) is 3.39. The molecule has 0 bridgehead atoms. The second-order valence-electron chi connectivity index (χ2n) is 4.33. The molecule has 1 unspecified atom stereocenters. The first-order valence-electron chi connectivity index (χ1n) is 6.04. The molecule has 0 spiro atoms. The predicted molar refractivity (Wildman–Crippen MR) is 76.7 cm³/mol. The van der Waals surface area contributed by atoms with E-state index in [9.17, 15) is 4.79 Å². The Bertz CT molecular complexity index is 511. The number of rotatable bonds is 5. The normalized spacial score (nSPS) is 17.9. The fourth-order valence-corrected chi connectivity index (χ4v) is 2.36. The topological polar surface area (TPSA) is 50.4 Å². The number of halogens is 1. The quantitative estimate of drug-likeness (QED) is 0.806. The third kappa shape index (κ3) is 3.98. The van der Waals surface area contributed by atoms with Gasteiger partial charge < -0.3 is 15.4 Å². The fraction of sp³-hybridized carbons (Fsp3) is 0.357. The van der Waals surface area contributed by atoms with E-state index in [1.54, 1.807) is 0 Å². The summed E-state index contributed by atoms with van der Waals surface area (Å²) in [5.74, 6) is 3.31. The van der Waals surface area contributed by atoms with Crippen molar-refractivity contribution in [2.24, 2.45) is 0 Å². The zero-order valence-corrected chi connectivity index (χ0v) is 12.0. The molecule has 5 heteroatoms. The number of nitrogens with one attached hydrogen (secondary N) is 2. The number of hydrogen-bond acceptors (Lipinski definition) is 3. The first-order valence-corrected chi connectivity index (χ1v) is 6.83. The largest absolute Gasteiger partial charge is 0.481 e. The average Bonchev–Trinajstić information content (AvgIpc) is 2.81. The maximum Gasteiger partial charge on any atom is 0.221 e. The minimum absolute atomic E-state index is 0.0931. The summed E-state index contributed by atoms with van der Waals surface area (Å²) in [4.78, 5) is 11.1. The van der Waals surface area contributed by atoms with Crippen LogP contribution in [0, 0.1) is 12.3 Å². The summed E-state index contributed by atoms with van der Waals surface area (Å²) in [6.45, 7) is 1.56. The molecule has 0 aliphatic carbocycles. The number of carbonyl (C=O) groups is 1. The van der Waals surface area contributed by atoms with Crippen LogP contribution >= 0.6 is 15.9 Å². The molecule has 2 N–H and O–H groups in total. The summed E-state index contributed by atoms with van der Waals surface area (Å²) in [5, 5.41) is 6.13.